The molecule has 0 radical (unpaired) electrons. The van der Waals surface area contributed by atoms with E-state index in [1.807, 2.05) is 52.0 Å². The van der Waals surface area contributed by atoms with E-state index in [2.05, 4.69) is 20.4 Å². The van der Waals surface area contributed by atoms with Crippen LogP contribution in [0, 0.1) is 12.8 Å². The number of hydrogen-bond donors (Lipinski definition) is 1. The molecule has 1 aromatic heterocycles. The Balaban J connectivity index is 1.63. The van der Waals surface area contributed by atoms with Crippen molar-refractivity contribution in [3.05, 3.63) is 35.7 Å². The summed E-state index contributed by atoms with van der Waals surface area (Å²) >= 11 is 0. The van der Waals surface area contributed by atoms with E-state index in [1.165, 1.54) is 0 Å². The van der Waals surface area contributed by atoms with Gasteiger partial charge < -0.3 is 9.84 Å². The minimum Gasteiger partial charge on any atom is -0.351 e. The zero-order chi connectivity index (χ0) is 18.7. The topological polar surface area (TPSA) is 71.3 Å². The molecule has 1 aliphatic heterocycles. The van der Waals surface area contributed by atoms with Crippen molar-refractivity contribution in [3.8, 4) is 11.4 Å². The van der Waals surface area contributed by atoms with Crippen molar-refractivity contribution >= 4 is 5.91 Å². The minimum atomic E-state index is -0.200. The molecule has 1 amide bonds. The van der Waals surface area contributed by atoms with Crippen molar-refractivity contribution in [2.24, 2.45) is 5.92 Å². The second-order valence-electron chi connectivity index (χ2n) is 8.14. The second-order valence-corrected chi connectivity index (χ2v) is 8.14. The molecule has 1 N–H and O–H groups in total. The Bertz CT molecular complexity index is 763. The van der Waals surface area contributed by atoms with Gasteiger partial charge in [-0.1, -0.05) is 29.4 Å². The van der Waals surface area contributed by atoms with Gasteiger partial charge in [-0.3, -0.25) is 9.69 Å². The highest BCUT2D eigenvalue weighted by Crippen LogP contribution is 2.22. The van der Waals surface area contributed by atoms with Gasteiger partial charge in [0.2, 0.25) is 17.6 Å². The van der Waals surface area contributed by atoms with E-state index in [-0.39, 0.29) is 17.4 Å². The highest BCUT2D eigenvalue weighted by atomic mass is 16.5. The van der Waals surface area contributed by atoms with Gasteiger partial charge in [-0.25, -0.2) is 0 Å². The number of carbonyl (C=O) groups excluding carboxylic acids is 1. The average molecular weight is 356 g/mol. The van der Waals surface area contributed by atoms with Crippen LogP contribution in [0.5, 0.6) is 0 Å². The molecule has 1 atom stereocenters. The first-order chi connectivity index (χ1) is 12.3. The summed E-state index contributed by atoms with van der Waals surface area (Å²) in [5, 5.41) is 7.21. The third-order valence-electron chi connectivity index (χ3n) is 4.59. The van der Waals surface area contributed by atoms with Crippen LogP contribution in [0.2, 0.25) is 0 Å². The molecule has 0 spiro atoms. The van der Waals surface area contributed by atoms with Crippen molar-refractivity contribution in [3.63, 3.8) is 0 Å². The molecule has 1 fully saturated rings. The molecule has 2 heterocycles. The van der Waals surface area contributed by atoms with Gasteiger partial charge in [0.25, 0.3) is 0 Å². The van der Waals surface area contributed by atoms with Crippen LogP contribution in [-0.2, 0) is 11.3 Å². The standard InChI is InChI=1S/C20H28N4O2/c1-14-8-5-6-10-16(14)18-21-17(26-23-18)13-24-11-7-9-15(12-24)19(25)22-20(2,3)4/h5-6,8,10,15H,7,9,11-13H2,1-4H3,(H,22,25). The van der Waals surface area contributed by atoms with E-state index in [4.69, 9.17) is 4.52 Å². The first-order valence-corrected chi connectivity index (χ1v) is 9.25. The molecule has 3 rings (SSSR count). The maximum atomic E-state index is 12.4. The highest BCUT2D eigenvalue weighted by molar-refractivity contribution is 5.79. The van der Waals surface area contributed by atoms with Crippen LogP contribution in [0.25, 0.3) is 11.4 Å². The second kappa shape index (κ2) is 7.58. The zero-order valence-corrected chi connectivity index (χ0v) is 16.1. The molecular weight excluding hydrogens is 328 g/mol. The quantitative estimate of drug-likeness (QED) is 0.911. The van der Waals surface area contributed by atoms with Crippen molar-refractivity contribution in [2.75, 3.05) is 13.1 Å². The van der Waals surface area contributed by atoms with Crippen LogP contribution in [0.4, 0.5) is 0 Å². The fourth-order valence-corrected chi connectivity index (χ4v) is 3.33. The minimum absolute atomic E-state index is 0.0155. The summed E-state index contributed by atoms with van der Waals surface area (Å²) in [5.74, 6) is 1.37. The molecular formula is C20H28N4O2. The van der Waals surface area contributed by atoms with E-state index in [0.717, 1.165) is 37.1 Å². The monoisotopic (exact) mass is 356 g/mol. The van der Waals surface area contributed by atoms with Crippen LogP contribution >= 0.6 is 0 Å². The number of piperidine rings is 1. The van der Waals surface area contributed by atoms with E-state index in [0.29, 0.717) is 18.3 Å². The molecule has 0 saturated carbocycles. The summed E-state index contributed by atoms with van der Waals surface area (Å²) in [4.78, 5) is 19.2. The van der Waals surface area contributed by atoms with Crippen molar-refractivity contribution in [1.82, 2.24) is 20.4 Å². The fourth-order valence-electron chi connectivity index (χ4n) is 3.33. The van der Waals surface area contributed by atoms with E-state index >= 15 is 0 Å². The number of amides is 1. The number of aryl methyl sites for hydroxylation is 1. The van der Waals surface area contributed by atoms with Crippen LogP contribution in [0.15, 0.2) is 28.8 Å². The molecule has 2 aromatic rings. The molecule has 1 aromatic carbocycles. The van der Waals surface area contributed by atoms with Crippen LogP contribution in [-0.4, -0.2) is 39.6 Å². The van der Waals surface area contributed by atoms with Gasteiger partial charge in [0.15, 0.2) is 0 Å². The predicted octanol–water partition coefficient (Wildman–Crippen LogP) is 3.17. The Kier molecular flexibility index (Phi) is 5.41. The third kappa shape index (κ3) is 4.69. The lowest BCUT2D eigenvalue weighted by Gasteiger charge is -2.32. The Labute approximate surface area is 155 Å². The molecule has 6 heteroatoms. The fraction of sp³-hybridized carbons (Fsp3) is 0.550. The normalized spacial score (nSPS) is 18.7. The molecule has 140 valence electrons. The lowest BCUT2D eigenvalue weighted by atomic mass is 9.95. The van der Waals surface area contributed by atoms with Gasteiger partial charge in [0.1, 0.15) is 0 Å². The Morgan fingerprint density at radius 1 is 1.35 bits per heavy atom. The summed E-state index contributed by atoms with van der Waals surface area (Å²) in [6, 6.07) is 8.00. The Morgan fingerprint density at radius 2 is 2.12 bits per heavy atom. The smallest absolute Gasteiger partial charge is 0.241 e. The average Bonchev–Trinajstić information content (AvgIpc) is 3.02. The molecule has 0 bridgehead atoms. The molecule has 26 heavy (non-hydrogen) atoms. The largest absolute Gasteiger partial charge is 0.351 e. The maximum Gasteiger partial charge on any atom is 0.241 e. The first-order valence-electron chi connectivity index (χ1n) is 9.25. The molecule has 6 nitrogen and oxygen atoms in total. The number of nitrogens with zero attached hydrogens (tertiary/aromatic N) is 3. The summed E-state index contributed by atoms with van der Waals surface area (Å²) in [5.41, 5.74) is 1.91. The highest BCUT2D eigenvalue weighted by Gasteiger charge is 2.28. The van der Waals surface area contributed by atoms with Crippen molar-refractivity contribution < 1.29 is 9.32 Å². The van der Waals surface area contributed by atoms with Crippen LogP contribution < -0.4 is 5.32 Å². The number of carbonyl (C=O) groups is 1. The van der Waals surface area contributed by atoms with E-state index < -0.39 is 0 Å². The number of nitrogens with one attached hydrogen (secondary N) is 1. The SMILES string of the molecule is Cc1ccccc1-c1noc(CN2CCCC(C(=O)NC(C)(C)C)C2)n1. The van der Waals surface area contributed by atoms with E-state index in [1.54, 1.807) is 0 Å². The summed E-state index contributed by atoms with van der Waals surface area (Å²) in [6.07, 6.45) is 1.93. The number of hydrogen-bond acceptors (Lipinski definition) is 5. The third-order valence-corrected chi connectivity index (χ3v) is 4.59. The first kappa shape index (κ1) is 18.6. The van der Waals surface area contributed by atoms with Gasteiger partial charge in [-0.2, -0.15) is 4.98 Å². The summed E-state index contributed by atoms with van der Waals surface area (Å²) in [7, 11) is 0. The molecule has 0 aliphatic carbocycles. The van der Waals surface area contributed by atoms with Crippen LogP contribution in [0.1, 0.15) is 45.1 Å². The summed E-state index contributed by atoms with van der Waals surface area (Å²) < 4.78 is 5.45. The summed E-state index contributed by atoms with van der Waals surface area (Å²) in [6.45, 7) is 10.3. The molecule has 1 saturated heterocycles. The Hall–Kier alpha value is -2.21. The molecule has 1 aliphatic rings. The number of rotatable bonds is 4. The van der Waals surface area contributed by atoms with Crippen LogP contribution in [0.3, 0.4) is 0 Å². The van der Waals surface area contributed by atoms with Crippen molar-refractivity contribution in [1.29, 1.82) is 0 Å². The van der Waals surface area contributed by atoms with E-state index in [9.17, 15) is 4.79 Å². The van der Waals surface area contributed by atoms with Crippen molar-refractivity contribution in [2.45, 2.75) is 52.6 Å². The van der Waals surface area contributed by atoms with Gasteiger partial charge >= 0.3 is 0 Å². The number of aromatic nitrogens is 2. The lowest BCUT2D eigenvalue weighted by molar-refractivity contribution is -0.128. The maximum absolute atomic E-state index is 12.4. The number of benzene rings is 1. The zero-order valence-electron chi connectivity index (χ0n) is 16.1. The van der Waals surface area contributed by atoms with Gasteiger partial charge in [0, 0.05) is 17.6 Å². The van der Waals surface area contributed by atoms with Gasteiger partial charge in [-0.15, -0.1) is 0 Å². The lowest BCUT2D eigenvalue weighted by Crippen LogP contribution is -2.48. The molecule has 1 unspecified atom stereocenters. The van der Waals surface area contributed by atoms with Gasteiger partial charge in [-0.05, 0) is 52.6 Å². The predicted molar refractivity (Wildman–Crippen MR) is 100 cm³/mol. The van der Waals surface area contributed by atoms with Gasteiger partial charge in [0.05, 0.1) is 12.5 Å². The Morgan fingerprint density at radius 3 is 2.85 bits per heavy atom. The number of likely N-dealkylation sites (tertiary alicyclic amines) is 1.